The molecule has 1 heterocycles. The van der Waals surface area contributed by atoms with Crippen molar-refractivity contribution in [1.29, 1.82) is 0 Å². The van der Waals surface area contributed by atoms with Crippen LogP contribution in [0.15, 0.2) is 6.20 Å². The van der Waals surface area contributed by atoms with Crippen molar-refractivity contribution in [3.8, 4) is 5.75 Å². The van der Waals surface area contributed by atoms with Crippen LogP contribution in [0.1, 0.15) is 32.0 Å². The monoisotopic (exact) mass is 285 g/mol. The van der Waals surface area contributed by atoms with Gasteiger partial charge in [0.1, 0.15) is 0 Å². The van der Waals surface area contributed by atoms with Crippen LogP contribution < -0.4 is 10.1 Å². The first kappa shape index (κ1) is 16.9. The normalized spacial score (nSPS) is 12.6. The van der Waals surface area contributed by atoms with E-state index >= 15 is 0 Å². The SMILES string of the molecule is CCNC(CCOCCOC)c1c(OC)cnn1CC. The first-order chi connectivity index (χ1) is 9.78. The second-order valence-electron chi connectivity index (χ2n) is 4.42. The zero-order chi connectivity index (χ0) is 14.8. The molecule has 0 radical (unpaired) electrons. The summed E-state index contributed by atoms with van der Waals surface area (Å²) in [5, 5.41) is 7.83. The number of methoxy groups -OCH3 is 2. The van der Waals surface area contributed by atoms with Crippen molar-refractivity contribution in [3.05, 3.63) is 11.9 Å². The Morgan fingerprint density at radius 3 is 2.65 bits per heavy atom. The Hall–Kier alpha value is -1.11. The fourth-order valence-corrected chi connectivity index (χ4v) is 2.17. The van der Waals surface area contributed by atoms with E-state index in [1.807, 2.05) is 4.68 Å². The molecule has 1 N–H and O–H groups in total. The molecule has 116 valence electrons. The van der Waals surface area contributed by atoms with Crippen LogP contribution in [-0.2, 0) is 16.0 Å². The topological polar surface area (TPSA) is 57.5 Å². The van der Waals surface area contributed by atoms with E-state index in [-0.39, 0.29) is 6.04 Å². The number of rotatable bonds is 11. The average molecular weight is 285 g/mol. The van der Waals surface area contributed by atoms with Gasteiger partial charge in [-0.2, -0.15) is 5.10 Å². The van der Waals surface area contributed by atoms with E-state index in [9.17, 15) is 0 Å². The third-order valence-corrected chi connectivity index (χ3v) is 3.13. The number of hydrogen-bond donors (Lipinski definition) is 1. The number of nitrogens with zero attached hydrogens (tertiary/aromatic N) is 2. The Labute approximate surface area is 121 Å². The maximum Gasteiger partial charge on any atom is 0.161 e. The van der Waals surface area contributed by atoms with Crippen molar-refractivity contribution >= 4 is 0 Å². The van der Waals surface area contributed by atoms with Crippen LogP contribution in [0.25, 0.3) is 0 Å². The van der Waals surface area contributed by atoms with Crippen molar-refractivity contribution in [2.24, 2.45) is 0 Å². The molecule has 1 rings (SSSR count). The molecule has 1 aromatic rings. The van der Waals surface area contributed by atoms with E-state index in [0.29, 0.717) is 19.8 Å². The first-order valence-electron chi connectivity index (χ1n) is 7.18. The minimum absolute atomic E-state index is 0.181. The van der Waals surface area contributed by atoms with E-state index in [1.54, 1.807) is 20.4 Å². The van der Waals surface area contributed by atoms with Gasteiger partial charge in [-0.05, 0) is 19.9 Å². The molecule has 0 bridgehead atoms. The van der Waals surface area contributed by atoms with Gasteiger partial charge in [0.05, 0.1) is 38.3 Å². The van der Waals surface area contributed by atoms with Gasteiger partial charge in [0.25, 0.3) is 0 Å². The minimum Gasteiger partial charge on any atom is -0.493 e. The van der Waals surface area contributed by atoms with E-state index in [1.165, 1.54) is 0 Å². The summed E-state index contributed by atoms with van der Waals surface area (Å²) in [7, 11) is 3.36. The van der Waals surface area contributed by atoms with Gasteiger partial charge in [-0.25, -0.2) is 0 Å². The molecule has 0 fully saturated rings. The van der Waals surface area contributed by atoms with Gasteiger partial charge in [0.15, 0.2) is 5.75 Å². The maximum absolute atomic E-state index is 5.56. The molecule has 1 atom stereocenters. The molecule has 0 aliphatic heterocycles. The van der Waals surface area contributed by atoms with Crippen molar-refractivity contribution < 1.29 is 14.2 Å². The van der Waals surface area contributed by atoms with Gasteiger partial charge in [-0.1, -0.05) is 6.92 Å². The summed E-state index contributed by atoms with van der Waals surface area (Å²) in [6.45, 7) is 7.82. The second kappa shape index (κ2) is 9.74. The highest BCUT2D eigenvalue weighted by Gasteiger charge is 2.20. The Kier molecular flexibility index (Phi) is 8.25. The van der Waals surface area contributed by atoms with Gasteiger partial charge >= 0.3 is 0 Å². The van der Waals surface area contributed by atoms with E-state index in [4.69, 9.17) is 14.2 Å². The number of aryl methyl sites for hydroxylation is 1. The van der Waals surface area contributed by atoms with E-state index in [0.717, 1.165) is 31.0 Å². The van der Waals surface area contributed by atoms with Gasteiger partial charge in [0.2, 0.25) is 0 Å². The minimum atomic E-state index is 0.181. The molecule has 0 aromatic carbocycles. The number of hydrogen-bond acceptors (Lipinski definition) is 5. The second-order valence-corrected chi connectivity index (χ2v) is 4.42. The first-order valence-corrected chi connectivity index (χ1v) is 7.18. The van der Waals surface area contributed by atoms with Crippen LogP contribution in [-0.4, -0.2) is 50.4 Å². The number of nitrogens with one attached hydrogen (secondary N) is 1. The molecule has 1 unspecified atom stereocenters. The fourth-order valence-electron chi connectivity index (χ4n) is 2.17. The highest BCUT2D eigenvalue weighted by Crippen LogP contribution is 2.27. The van der Waals surface area contributed by atoms with Crippen molar-refractivity contribution in [2.75, 3.05) is 40.6 Å². The highest BCUT2D eigenvalue weighted by atomic mass is 16.5. The van der Waals surface area contributed by atoms with Gasteiger partial charge < -0.3 is 19.5 Å². The third kappa shape index (κ3) is 4.77. The molecule has 20 heavy (non-hydrogen) atoms. The smallest absolute Gasteiger partial charge is 0.161 e. The Morgan fingerprint density at radius 1 is 1.25 bits per heavy atom. The zero-order valence-electron chi connectivity index (χ0n) is 13.0. The lowest BCUT2D eigenvalue weighted by Crippen LogP contribution is -2.25. The Morgan fingerprint density at radius 2 is 2.05 bits per heavy atom. The summed E-state index contributed by atoms with van der Waals surface area (Å²) in [5.74, 6) is 0.828. The van der Waals surface area contributed by atoms with Crippen LogP contribution in [0.3, 0.4) is 0 Å². The van der Waals surface area contributed by atoms with Gasteiger partial charge in [-0.15, -0.1) is 0 Å². The summed E-state index contributed by atoms with van der Waals surface area (Å²) >= 11 is 0. The molecular formula is C14H27N3O3. The van der Waals surface area contributed by atoms with Crippen LogP contribution >= 0.6 is 0 Å². The van der Waals surface area contributed by atoms with Crippen LogP contribution in [0, 0.1) is 0 Å². The summed E-state index contributed by atoms with van der Waals surface area (Å²) in [6.07, 6.45) is 2.65. The third-order valence-electron chi connectivity index (χ3n) is 3.13. The van der Waals surface area contributed by atoms with Crippen molar-refractivity contribution in [3.63, 3.8) is 0 Å². The van der Waals surface area contributed by atoms with Crippen LogP contribution in [0.2, 0.25) is 0 Å². The molecule has 0 aliphatic rings. The molecule has 0 saturated heterocycles. The summed E-state index contributed by atoms with van der Waals surface area (Å²) in [4.78, 5) is 0. The standard InChI is InChI=1S/C14H27N3O3/c1-5-15-12(7-8-20-10-9-18-3)14-13(19-4)11-16-17(14)6-2/h11-12,15H,5-10H2,1-4H3. The van der Waals surface area contributed by atoms with E-state index in [2.05, 4.69) is 24.3 Å². The zero-order valence-corrected chi connectivity index (χ0v) is 13.0. The van der Waals surface area contributed by atoms with Gasteiger partial charge in [-0.3, -0.25) is 4.68 Å². The van der Waals surface area contributed by atoms with Crippen molar-refractivity contribution in [1.82, 2.24) is 15.1 Å². The lowest BCUT2D eigenvalue weighted by molar-refractivity contribution is 0.0654. The van der Waals surface area contributed by atoms with Crippen LogP contribution in [0.5, 0.6) is 5.75 Å². The number of aromatic nitrogens is 2. The Balaban J connectivity index is 2.66. The molecular weight excluding hydrogens is 258 g/mol. The van der Waals surface area contributed by atoms with Gasteiger partial charge in [0, 0.05) is 20.3 Å². The molecule has 0 aliphatic carbocycles. The number of ether oxygens (including phenoxy) is 3. The lowest BCUT2D eigenvalue weighted by Gasteiger charge is -2.20. The lowest BCUT2D eigenvalue weighted by atomic mass is 10.1. The highest BCUT2D eigenvalue weighted by molar-refractivity contribution is 5.28. The molecule has 6 nitrogen and oxygen atoms in total. The molecule has 0 saturated carbocycles. The summed E-state index contributed by atoms with van der Waals surface area (Å²) in [6, 6.07) is 0.181. The Bertz CT molecular complexity index is 347. The molecule has 0 amide bonds. The largest absolute Gasteiger partial charge is 0.493 e. The van der Waals surface area contributed by atoms with E-state index < -0.39 is 0 Å². The molecule has 1 aromatic heterocycles. The maximum atomic E-state index is 5.56. The predicted octanol–water partition coefficient (Wildman–Crippen LogP) is 1.62. The quantitative estimate of drug-likeness (QED) is 0.626. The predicted molar refractivity (Wildman–Crippen MR) is 78.2 cm³/mol. The molecule has 0 spiro atoms. The summed E-state index contributed by atoms with van der Waals surface area (Å²) < 4.78 is 17.9. The fraction of sp³-hybridized carbons (Fsp3) is 0.786. The molecule has 6 heteroatoms. The average Bonchev–Trinajstić information content (AvgIpc) is 2.88. The van der Waals surface area contributed by atoms with Crippen LogP contribution in [0.4, 0.5) is 0 Å². The van der Waals surface area contributed by atoms with Crippen molar-refractivity contribution in [2.45, 2.75) is 32.9 Å². The summed E-state index contributed by atoms with van der Waals surface area (Å²) in [5.41, 5.74) is 1.09.